The summed E-state index contributed by atoms with van der Waals surface area (Å²) in [5.41, 5.74) is 0.778. The molecule has 0 aliphatic carbocycles. The Hall–Kier alpha value is -1.11. The van der Waals surface area contributed by atoms with Gasteiger partial charge in [-0.2, -0.15) is 5.10 Å². The number of hydrogen-bond donors (Lipinski definition) is 1. The lowest BCUT2D eigenvalue weighted by atomic mass is 9.83. The lowest BCUT2D eigenvalue weighted by Gasteiger charge is -2.43. The number of likely N-dealkylation sites (N-methyl/N-ethyl adjacent to an activating group) is 1. The van der Waals surface area contributed by atoms with Crippen LogP contribution in [0.5, 0.6) is 5.75 Å². The Kier molecular flexibility index (Phi) is 5.61. The highest BCUT2D eigenvalue weighted by molar-refractivity contribution is 5.31. The SMILES string of the molecule is CCOC1(C(NC)c2c(OC)cnn2CC)CCOCC1. The molecule has 1 aliphatic rings. The molecule has 0 saturated carbocycles. The topological polar surface area (TPSA) is 57.5 Å². The van der Waals surface area contributed by atoms with Gasteiger partial charge in [-0.3, -0.25) is 4.68 Å². The summed E-state index contributed by atoms with van der Waals surface area (Å²) in [6.07, 6.45) is 3.51. The zero-order valence-electron chi connectivity index (χ0n) is 13.5. The lowest BCUT2D eigenvalue weighted by Crippen LogP contribution is -2.49. The van der Waals surface area contributed by atoms with Crippen LogP contribution in [0.3, 0.4) is 0 Å². The van der Waals surface area contributed by atoms with Gasteiger partial charge in [0.15, 0.2) is 5.75 Å². The number of rotatable bonds is 7. The average Bonchev–Trinajstić information content (AvgIpc) is 2.92. The zero-order valence-corrected chi connectivity index (χ0v) is 13.5. The van der Waals surface area contributed by atoms with Crippen LogP contribution in [-0.4, -0.2) is 49.4 Å². The van der Waals surface area contributed by atoms with Crippen molar-refractivity contribution in [3.63, 3.8) is 0 Å². The quantitative estimate of drug-likeness (QED) is 0.831. The molecule has 1 aromatic rings. The van der Waals surface area contributed by atoms with E-state index < -0.39 is 0 Å². The molecule has 6 nitrogen and oxygen atoms in total. The predicted molar refractivity (Wildman–Crippen MR) is 80.7 cm³/mol. The Morgan fingerprint density at radius 2 is 2.14 bits per heavy atom. The monoisotopic (exact) mass is 297 g/mol. The number of aryl methyl sites for hydroxylation is 1. The average molecular weight is 297 g/mol. The molecule has 120 valence electrons. The standard InChI is InChI=1S/C15H27N3O3/c1-5-18-13(12(19-4)11-17-18)14(16-3)15(21-6-2)7-9-20-10-8-15/h11,14,16H,5-10H2,1-4H3. The minimum absolute atomic E-state index is 0.0266. The summed E-state index contributed by atoms with van der Waals surface area (Å²) < 4.78 is 19.2. The summed E-state index contributed by atoms with van der Waals surface area (Å²) in [6.45, 7) is 7.05. The van der Waals surface area contributed by atoms with Gasteiger partial charge in [0.25, 0.3) is 0 Å². The highest BCUT2D eigenvalue weighted by Crippen LogP contribution is 2.40. The van der Waals surface area contributed by atoms with Crippen LogP contribution >= 0.6 is 0 Å². The van der Waals surface area contributed by atoms with E-state index in [0.717, 1.165) is 44.0 Å². The van der Waals surface area contributed by atoms with Crippen molar-refractivity contribution in [2.24, 2.45) is 0 Å². The van der Waals surface area contributed by atoms with Crippen LogP contribution in [0, 0.1) is 0 Å². The molecule has 2 rings (SSSR count). The summed E-state index contributed by atoms with van der Waals surface area (Å²) in [7, 11) is 3.65. The first-order valence-electron chi connectivity index (χ1n) is 7.71. The highest BCUT2D eigenvalue weighted by Gasteiger charge is 2.44. The summed E-state index contributed by atoms with van der Waals surface area (Å²) in [4.78, 5) is 0. The number of methoxy groups -OCH3 is 1. The van der Waals surface area contributed by atoms with E-state index in [-0.39, 0.29) is 11.6 Å². The molecule has 0 aromatic carbocycles. The van der Waals surface area contributed by atoms with Crippen molar-refractivity contribution in [3.05, 3.63) is 11.9 Å². The van der Waals surface area contributed by atoms with Crippen molar-refractivity contribution < 1.29 is 14.2 Å². The van der Waals surface area contributed by atoms with Crippen LogP contribution in [0.25, 0.3) is 0 Å². The fourth-order valence-electron chi connectivity index (χ4n) is 3.25. The first-order chi connectivity index (χ1) is 10.2. The van der Waals surface area contributed by atoms with Gasteiger partial charge in [-0.25, -0.2) is 0 Å². The van der Waals surface area contributed by atoms with Crippen LogP contribution in [0.15, 0.2) is 6.20 Å². The van der Waals surface area contributed by atoms with E-state index in [4.69, 9.17) is 14.2 Å². The molecule has 0 radical (unpaired) electrons. The Labute approximate surface area is 126 Å². The normalized spacial score (nSPS) is 19.4. The molecule has 1 N–H and O–H groups in total. The number of nitrogens with zero attached hydrogens (tertiary/aromatic N) is 2. The minimum Gasteiger partial charge on any atom is -0.493 e. The molecule has 1 fully saturated rings. The van der Waals surface area contributed by atoms with Crippen LogP contribution in [-0.2, 0) is 16.0 Å². The molecule has 2 heterocycles. The molecule has 0 amide bonds. The number of aromatic nitrogens is 2. The van der Waals surface area contributed by atoms with E-state index in [1.54, 1.807) is 13.3 Å². The van der Waals surface area contributed by atoms with Gasteiger partial charge in [-0.15, -0.1) is 0 Å². The molecular weight excluding hydrogens is 270 g/mol. The minimum atomic E-state index is -0.276. The molecule has 1 atom stereocenters. The lowest BCUT2D eigenvalue weighted by molar-refractivity contribution is -0.128. The number of nitrogens with one attached hydrogen (secondary N) is 1. The molecule has 1 aromatic heterocycles. The second-order valence-electron chi connectivity index (χ2n) is 5.25. The van der Waals surface area contributed by atoms with E-state index in [0.29, 0.717) is 6.61 Å². The molecule has 1 saturated heterocycles. The van der Waals surface area contributed by atoms with Crippen molar-refractivity contribution in [3.8, 4) is 5.75 Å². The van der Waals surface area contributed by atoms with E-state index in [9.17, 15) is 0 Å². The van der Waals surface area contributed by atoms with Crippen molar-refractivity contribution >= 4 is 0 Å². The third-order valence-electron chi connectivity index (χ3n) is 4.22. The van der Waals surface area contributed by atoms with Crippen LogP contribution in [0.4, 0.5) is 0 Å². The smallest absolute Gasteiger partial charge is 0.161 e. The van der Waals surface area contributed by atoms with Crippen LogP contribution < -0.4 is 10.1 Å². The van der Waals surface area contributed by atoms with Gasteiger partial charge in [0.05, 0.1) is 24.9 Å². The second kappa shape index (κ2) is 7.24. The fraction of sp³-hybridized carbons (Fsp3) is 0.800. The van der Waals surface area contributed by atoms with E-state index >= 15 is 0 Å². The fourth-order valence-corrected chi connectivity index (χ4v) is 3.25. The van der Waals surface area contributed by atoms with Crippen LogP contribution in [0.2, 0.25) is 0 Å². The van der Waals surface area contributed by atoms with E-state index in [2.05, 4.69) is 17.3 Å². The Morgan fingerprint density at radius 1 is 1.43 bits per heavy atom. The van der Waals surface area contributed by atoms with Crippen molar-refractivity contribution in [2.75, 3.05) is 34.0 Å². The maximum atomic E-state index is 6.21. The molecule has 0 spiro atoms. The highest BCUT2D eigenvalue weighted by atomic mass is 16.5. The molecule has 6 heteroatoms. The summed E-state index contributed by atoms with van der Waals surface area (Å²) in [5.74, 6) is 0.807. The second-order valence-corrected chi connectivity index (χ2v) is 5.25. The molecule has 1 aliphatic heterocycles. The first-order valence-corrected chi connectivity index (χ1v) is 7.71. The Morgan fingerprint density at radius 3 is 2.67 bits per heavy atom. The third kappa shape index (κ3) is 3.07. The van der Waals surface area contributed by atoms with Gasteiger partial charge in [0.1, 0.15) is 5.69 Å². The van der Waals surface area contributed by atoms with Gasteiger partial charge in [-0.1, -0.05) is 0 Å². The Bertz CT molecular complexity index is 414. The summed E-state index contributed by atoms with van der Waals surface area (Å²) in [5, 5.41) is 7.85. The van der Waals surface area contributed by atoms with Gasteiger partial charge in [0.2, 0.25) is 0 Å². The zero-order chi connectivity index (χ0) is 15.3. The number of hydrogen-bond acceptors (Lipinski definition) is 5. The van der Waals surface area contributed by atoms with Gasteiger partial charge >= 0.3 is 0 Å². The van der Waals surface area contributed by atoms with E-state index in [1.165, 1.54) is 0 Å². The van der Waals surface area contributed by atoms with Gasteiger partial charge in [-0.05, 0) is 20.9 Å². The maximum absolute atomic E-state index is 6.21. The van der Waals surface area contributed by atoms with Crippen molar-refractivity contribution in [2.45, 2.75) is 44.9 Å². The van der Waals surface area contributed by atoms with Crippen molar-refractivity contribution in [1.29, 1.82) is 0 Å². The van der Waals surface area contributed by atoms with Crippen LogP contribution in [0.1, 0.15) is 38.4 Å². The van der Waals surface area contributed by atoms with E-state index in [1.807, 2.05) is 18.7 Å². The summed E-state index contributed by atoms with van der Waals surface area (Å²) >= 11 is 0. The third-order valence-corrected chi connectivity index (χ3v) is 4.22. The molecule has 1 unspecified atom stereocenters. The maximum Gasteiger partial charge on any atom is 0.161 e. The largest absolute Gasteiger partial charge is 0.493 e. The Balaban J connectivity index is 2.42. The molecular formula is C15H27N3O3. The molecule has 21 heavy (non-hydrogen) atoms. The predicted octanol–water partition coefficient (Wildman–Crippen LogP) is 1.76. The molecule has 0 bridgehead atoms. The first kappa shape index (κ1) is 16.3. The van der Waals surface area contributed by atoms with Crippen molar-refractivity contribution in [1.82, 2.24) is 15.1 Å². The van der Waals surface area contributed by atoms with Gasteiger partial charge < -0.3 is 19.5 Å². The van der Waals surface area contributed by atoms with Gasteiger partial charge in [0, 0.05) is 39.2 Å². The number of ether oxygens (including phenoxy) is 3. The summed E-state index contributed by atoms with van der Waals surface area (Å²) in [6, 6.07) is 0.0266.